The number of ether oxygens (including phenoxy) is 1. The van der Waals surface area contributed by atoms with Crippen molar-refractivity contribution in [3.63, 3.8) is 0 Å². The standard InChI is InChI=1S/C22H19ClN2O2/c23-20-11-9-17(10-12-20)14-22(26)25-24-15-19-7-4-8-21(13-19)27-16-18-5-2-1-3-6-18/h1-13,15H,14,16H2,(H,25,26)/b24-15+. The number of halogens is 1. The second-order valence-corrected chi connectivity index (χ2v) is 6.38. The van der Waals surface area contributed by atoms with E-state index in [-0.39, 0.29) is 12.3 Å². The van der Waals surface area contributed by atoms with Gasteiger partial charge in [0.2, 0.25) is 5.91 Å². The molecule has 1 amide bonds. The van der Waals surface area contributed by atoms with Gasteiger partial charge in [-0.1, -0.05) is 66.2 Å². The summed E-state index contributed by atoms with van der Waals surface area (Å²) in [5.41, 5.74) is 5.35. The van der Waals surface area contributed by atoms with Crippen LogP contribution in [0.4, 0.5) is 0 Å². The van der Waals surface area contributed by atoms with Crippen LogP contribution in [-0.4, -0.2) is 12.1 Å². The average Bonchev–Trinajstić information content (AvgIpc) is 2.69. The zero-order chi connectivity index (χ0) is 18.9. The van der Waals surface area contributed by atoms with Gasteiger partial charge in [-0.2, -0.15) is 5.10 Å². The predicted octanol–water partition coefficient (Wildman–Crippen LogP) is 4.61. The van der Waals surface area contributed by atoms with Gasteiger partial charge in [0.1, 0.15) is 12.4 Å². The summed E-state index contributed by atoms with van der Waals surface area (Å²) in [6.07, 6.45) is 1.84. The van der Waals surface area contributed by atoms with Crippen molar-refractivity contribution in [2.24, 2.45) is 5.10 Å². The Morgan fingerprint density at radius 1 is 0.963 bits per heavy atom. The largest absolute Gasteiger partial charge is 0.489 e. The zero-order valence-corrected chi connectivity index (χ0v) is 15.4. The summed E-state index contributed by atoms with van der Waals surface area (Å²) in [5, 5.41) is 4.65. The smallest absolute Gasteiger partial charge is 0.244 e. The molecule has 3 aromatic rings. The van der Waals surface area contributed by atoms with Crippen molar-refractivity contribution in [2.45, 2.75) is 13.0 Å². The fraction of sp³-hybridized carbons (Fsp3) is 0.0909. The summed E-state index contributed by atoms with van der Waals surface area (Å²) < 4.78 is 5.79. The van der Waals surface area contributed by atoms with Crippen LogP contribution in [0.25, 0.3) is 0 Å². The van der Waals surface area contributed by atoms with Gasteiger partial charge >= 0.3 is 0 Å². The Labute approximate surface area is 163 Å². The number of hydrogen-bond donors (Lipinski definition) is 1. The molecule has 0 aliphatic heterocycles. The van der Waals surface area contributed by atoms with E-state index in [0.717, 1.165) is 22.4 Å². The van der Waals surface area contributed by atoms with Gasteiger partial charge in [-0.3, -0.25) is 4.79 Å². The highest BCUT2D eigenvalue weighted by Crippen LogP contribution is 2.14. The quantitative estimate of drug-likeness (QED) is 0.482. The van der Waals surface area contributed by atoms with Crippen molar-refractivity contribution >= 4 is 23.7 Å². The van der Waals surface area contributed by atoms with Crippen LogP contribution in [0.15, 0.2) is 84.0 Å². The molecule has 0 unspecified atom stereocenters. The molecule has 4 nitrogen and oxygen atoms in total. The molecule has 0 heterocycles. The number of rotatable bonds is 7. The molecule has 5 heteroatoms. The van der Waals surface area contributed by atoms with Crippen LogP contribution >= 0.6 is 11.6 Å². The second-order valence-electron chi connectivity index (χ2n) is 5.94. The van der Waals surface area contributed by atoms with Crippen LogP contribution < -0.4 is 10.2 Å². The molecule has 0 aliphatic rings. The summed E-state index contributed by atoms with van der Waals surface area (Å²) in [6, 6.07) is 24.7. The topological polar surface area (TPSA) is 50.7 Å². The van der Waals surface area contributed by atoms with E-state index in [1.807, 2.05) is 66.7 Å². The van der Waals surface area contributed by atoms with Crippen LogP contribution in [0.2, 0.25) is 5.02 Å². The third-order valence-electron chi connectivity index (χ3n) is 3.79. The predicted molar refractivity (Wildman–Crippen MR) is 108 cm³/mol. The summed E-state index contributed by atoms with van der Waals surface area (Å²) in [7, 11) is 0. The monoisotopic (exact) mass is 378 g/mol. The van der Waals surface area contributed by atoms with Crippen LogP contribution in [0.3, 0.4) is 0 Å². The summed E-state index contributed by atoms with van der Waals surface area (Å²) in [6.45, 7) is 0.499. The normalized spacial score (nSPS) is 10.7. The zero-order valence-electron chi connectivity index (χ0n) is 14.6. The molecule has 27 heavy (non-hydrogen) atoms. The summed E-state index contributed by atoms with van der Waals surface area (Å²) in [4.78, 5) is 11.9. The number of hydrogen-bond acceptors (Lipinski definition) is 3. The van der Waals surface area contributed by atoms with E-state index in [1.54, 1.807) is 18.3 Å². The third kappa shape index (κ3) is 6.28. The molecule has 0 aromatic heterocycles. The molecule has 0 saturated carbocycles. The molecule has 0 aliphatic carbocycles. The number of hydrazone groups is 1. The van der Waals surface area contributed by atoms with Crippen molar-refractivity contribution in [1.29, 1.82) is 0 Å². The molecule has 0 spiro atoms. The molecular weight excluding hydrogens is 360 g/mol. The van der Waals surface area contributed by atoms with Crippen molar-refractivity contribution in [3.8, 4) is 5.75 Å². The van der Waals surface area contributed by atoms with Crippen LogP contribution in [0.5, 0.6) is 5.75 Å². The average molecular weight is 379 g/mol. The molecule has 0 bridgehead atoms. The molecule has 0 atom stereocenters. The molecule has 3 aromatic carbocycles. The first-order valence-electron chi connectivity index (χ1n) is 8.52. The highest BCUT2D eigenvalue weighted by Gasteiger charge is 2.02. The lowest BCUT2D eigenvalue weighted by Gasteiger charge is -2.06. The number of carbonyl (C=O) groups is 1. The van der Waals surface area contributed by atoms with Crippen molar-refractivity contribution < 1.29 is 9.53 Å². The van der Waals surface area contributed by atoms with E-state index >= 15 is 0 Å². The minimum atomic E-state index is -0.190. The van der Waals surface area contributed by atoms with Gasteiger partial charge in [0.05, 0.1) is 12.6 Å². The number of nitrogens with zero attached hydrogens (tertiary/aromatic N) is 1. The first-order chi connectivity index (χ1) is 13.2. The molecule has 3 rings (SSSR count). The van der Waals surface area contributed by atoms with Crippen molar-refractivity contribution in [2.75, 3.05) is 0 Å². The Bertz CT molecular complexity index is 909. The molecule has 0 saturated heterocycles. The van der Waals surface area contributed by atoms with Gasteiger partial charge in [0.25, 0.3) is 0 Å². The van der Waals surface area contributed by atoms with Gasteiger partial charge < -0.3 is 4.74 Å². The Kier molecular flexibility index (Phi) is 6.61. The fourth-order valence-corrected chi connectivity index (χ4v) is 2.56. The number of amides is 1. The van der Waals surface area contributed by atoms with Crippen LogP contribution in [-0.2, 0) is 17.8 Å². The highest BCUT2D eigenvalue weighted by molar-refractivity contribution is 6.30. The Morgan fingerprint density at radius 2 is 1.74 bits per heavy atom. The van der Waals surface area contributed by atoms with Crippen LogP contribution in [0.1, 0.15) is 16.7 Å². The Hall–Kier alpha value is -3.11. The van der Waals surface area contributed by atoms with E-state index < -0.39 is 0 Å². The minimum Gasteiger partial charge on any atom is -0.489 e. The second kappa shape index (κ2) is 9.55. The maximum atomic E-state index is 11.9. The summed E-state index contributed by atoms with van der Waals surface area (Å²) >= 11 is 5.84. The van der Waals surface area contributed by atoms with Crippen molar-refractivity contribution in [1.82, 2.24) is 5.43 Å². The first kappa shape index (κ1) is 18.7. The number of nitrogens with one attached hydrogen (secondary N) is 1. The SMILES string of the molecule is O=C(Cc1ccc(Cl)cc1)N/N=C/c1cccc(OCc2ccccc2)c1. The number of benzene rings is 3. The third-order valence-corrected chi connectivity index (χ3v) is 4.04. The van der Waals surface area contributed by atoms with E-state index in [1.165, 1.54) is 0 Å². The maximum Gasteiger partial charge on any atom is 0.244 e. The fourth-order valence-electron chi connectivity index (χ4n) is 2.43. The van der Waals surface area contributed by atoms with Gasteiger partial charge in [-0.05, 0) is 41.0 Å². The molecule has 0 fully saturated rings. The van der Waals surface area contributed by atoms with Crippen molar-refractivity contribution in [3.05, 3.63) is 101 Å². The van der Waals surface area contributed by atoms with E-state index in [2.05, 4.69) is 10.5 Å². The van der Waals surface area contributed by atoms with Gasteiger partial charge in [-0.25, -0.2) is 5.43 Å². The Balaban J connectivity index is 1.51. The van der Waals surface area contributed by atoms with E-state index in [0.29, 0.717) is 11.6 Å². The maximum absolute atomic E-state index is 11.9. The first-order valence-corrected chi connectivity index (χ1v) is 8.90. The van der Waals surface area contributed by atoms with E-state index in [4.69, 9.17) is 16.3 Å². The van der Waals surface area contributed by atoms with Gasteiger partial charge in [0.15, 0.2) is 0 Å². The van der Waals surface area contributed by atoms with Crippen LogP contribution in [0, 0.1) is 0 Å². The van der Waals surface area contributed by atoms with Gasteiger partial charge in [0, 0.05) is 5.02 Å². The lowest BCUT2D eigenvalue weighted by Crippen LogP contribution is -2.19. The summed E-state index contributed by atoms with van der Waals surface area (Å²) in [5.74, 6) is 0.556. The highest BCUT2D eigenvalue weighted by atomic mass is 35.5. The lowest BCUT2D eigenvalue weighted by molar-refractivity contribution is -0.120. The molecule has 1 N–H and O–H groups in total. The Morgan fingerprint density at radius 3 is 2.52 bits per heavy atom. The van der Waals surface area contributed by atoms with E-state index in [9.17, 15) is 4.79 Å². The molecule has 0 radical (unpaired) electrons. The minimum absolute atomic E-state index is 0.190. The lowest BCUT2D eigenvalue weighted by atomic mass is 10.1. The molecular formula is C22H19ClN2O2. The van der Waals surface area contributed by atoms with Gasteiger partial charge in [-0.15, -0.1) is 0 Å². The number of carbonyl (C=O) groups excluding carboxylic acids is 1. The molecule has 136 valence electrons.